The average molecular weight is 506 g/mol. The first-order chi connectivity index (χ1) is 15.6. The smallest absolute Gasteiger partial charge is 0.264 e. The van der Waals surface area contributed by atoms with Crippen molar-refractivity contribution in [2.45, 2.75) is 0 Å². The molecule has 0 aliphatic heterocycles. The van der Waals surface area contributed by atoms with E-state index >= 15 is 0 Å². The molecule has 3 N–H and O–H groups in total. The monoisotopic (exact) mass is 505 g/mol. The summed E-state index contributed by atoms with van der Waals surface area (Å²) in [5, 5.41) is 11.3. The van der Waals surface area contributed by atoms with Crippen LogP contribution in [0.1, 0.15) is 0 Å². The summed E-state index contributed by atoms with van der Waals surface area (Å²) in [7, 11) is 0. The van der Waals surface area contributed by atoms with Gasteiger partial charge >= 0.3 is 0 Å². The summed E-state index contributed by atoms with van der Waals surface area (Å²) in [5.74, 6) is 0.254. The Morgan fingerprint density at radius 3 is 2.25 bits per heavy atom. The summed E-state index contributed by atoms with van der Waals surface area (Å²) in [5.41, 5.74) is 2.73. The highest BCUT2D eigenvalue weighted by atomic mass is 79.9. The molecule has 0 spiro atoms. The molecule has 0 aliphatic rings. The molecule has 0 unspecified atom stereocenters. The minimum Gasteiger partial charge on any atom is -0.483 e. The number of hydrogen-bond acceptors (Lipinski definition) is 4. The van der Waals surface area contributed by atoms with Gasteiger partial charge in [0.2, 0.25) is 0 Å². The van der Waals surface area contributed by atoms with Gasteiger partial charge < -0.3 is 15.4 Å². The Kier molecular flexibility index (Phi) is 6.99. The van der Waals surface area contributed by atoms with Crippen LogP contribution in [0.25, 0.3) is 10.8 Å². The molecule has 5 nitrogen and oxygen atoms in total. The first-order valence-electron chi connectivity index (χ1n) is 9.91. The fraction of sp³-hybridized carbons (Fsp3) is 0.0400. The third kappa shape index (κ3) is 5.63. The lowest BCUT2D eigenvalue weighted by molar-refractivity contribution is -0.121. The number of halogens is 1. The first-order valence-corrected chi connectivity index (χ1v) is 11.1. The Morgan fingerprint density at radius 1 is 0.812 bits per heavy atom. The Morgan fingerprint density at radius 2 is 1.47 bits per heavy atom. The van der Waals surface area contributed by atoms with Crippen molar-refractivity contribution in [2.24, 2.45) is 0 Å². The minimum atomic E-state index is -0.343. The number of thiocarbonyl (C=S) groups is 1. The highest BCUT2D eigenvalue weighted by molar-refractivity contribution is 9.10. The van der Waals surface area contributed by atoms with Crippen molar-refractivity contribution in [3.05, 3.63) is 95.5 Å². The van der Waals surface area contributed by atoms with Gasteiger partial charge in [-0.3, -0.25) is 10.1 Å². The van der Waals surface area contributed by atoms with Crippen molar-refractivity contribution in [3.63, 3.8) is 0 Å². The normalized spacial score (nSPS) is 10.4. The fourth-order valence-electron chi connectivity index (χ4n) is 3.12. The topological polar surface area (TPSA) is 62.4 Å². The third-order valence-corrected chi connectivity index (χ3v) is 5.67. The molecule has 0 fully saturated rings. The van der Waals surface area contributed by atoms with Crippen LogP contribution in [0, 0.1) is 0 Å². The van der Waals surface area contributed by atoms with Crippen molar-refractivity contribution < 1.29 is 9.53 Å². The van der Waals surface area contributed by atoms with Crippen LogP contribution in [0.4, 0.5) is 17.1 Å². The maximum Gasteiger partial charge on any atom is 0.264 e. The maximum absolute atomic E-state index is 12.3. The number of benzene rings is 4. The van der Waals surface area contributed by atoms with Gasteiger partial charge in [-0.2, -0.15) is 0 Å². The summed E-state index contributed by atoms with van der Waals surface area (Å²) in [6.07, 6.45) is 0. The molecular formula is C25H20BrN3O2S. The number of anilines is 3. The van der Waals surface area contributed by atoms with Crippen molar-refractivity contribution in [1.29, 1.82) is 0 Å². The number of ether oxygens (including phenoxy) is 1. The van der Waals surface area contributed by atoms with Crippen LogP contribution in [0.2, 0.25) is 0 Å². The van der Waals surface area contributed by atoms with E-state index in [4.69, 9.17) is 17.0 Å². The zero-order valence-corrected chi connectivity index (χ0v) is 19.4. The molecule has 0 saturated carbocycles. The number of nitrogens with one attached hydrogen (secondary N) is 3. The molecule has 0 heterocycles. The molecule has 4 aromatic carbocycles. The Balaban J connectivity index is 1.28. The van der Waals surface area contributed by atoms with Crippen molar-refractivity contribution >= 4 is 67.0 Å². The summed E-state index contributed by atoms with van der Waals surface area (Å²) < 4.78 is 6.49. The molecule has 1 amide bonds. The Hall–Kier alpha value is -3.42. The van der Waals surface area contributed by atoms with Gasteiger partial charge in [0.1, 0.15) is 5.75 Å². The van der Waals surface area contributed by atoms with Crippen LogP contribution in [0.5, 0.6) is 5.75 Å². The molecule has 7 heteroatoms. The van der Waals surface area contributed by atoms with E-state index in [0.717, 1.165) is 32.3 Å². The van der Waals surface area contributed by atoms with Gasteiger partial charge in [0.25, 0.3) is 5.91 Å². The molecule has 0 radical (unpaired) electrons. The molecule has 160 valence electrons. The van der Waals surface area contributed by atoms with E-state index in [1.54, 1.807) is 0 Å². The number of fused-ring (bicyclic) bond motifs is 1. The minimum absolute atomic E-state index is 0.154. The zero-order chi connectivity index (χ0) is 22.3. The van der Waals surface area contributed by atoms with Gasteiger partial charge in [-0.1, -0.05) is 48.5 Å². The van der Waals surface area contributed by atoms with Crippen LogP contribution in [0.3, 0.4) is 0 Å². The molecule has 4 rings (SSSR count). The lowest BCUT2D eigenvalue weighted by Gasteiger charge is -2.12. The quantitative estimate of drug-likeness (QED) is 0.271. The van der Waals surface area contributed by atoms with Crippen molar-refractivity contribution in [3.8, 4) is 5.75 Å². The average Bonchev–Trinajstić information content (AvgIpc) is 2.81. The van der Waals surface area contributed by atoms with E-state index in [1.807, 2.05) is 91.0 Å². The fourth-order valence-corrected chi connectivity index (χ4v) is 3.96. The van der Waals surface area contributed by atoms with E-state index in [-0.39, 0.29) is 17.6 Å². The van der Waals surface area contributed by atoms with Gasteiger partial charge in [0, 0.05) is 17.1 Å². The molecule has 0 aromatic heterocycles. The Bertz CT molecular complexity index is 1250. The molecule has 32 heavy (non-hydrogen) atoms. The van der Waals surface area contributed by atoms with Gasteiger partial charge in [0.05, 0.1) is 4.47 Å². The lowest BCUT2D eigenvalue weighted by Crippen LogP contribution is -2.37. The number of carbonyl (C=O) groups is 1. The second kappa shape index (κ2) is 10.3. The second-order valence-corrected chi connectivity index (χ2v) is 8.16. The predicted octanol–water partition coefficient (Wildman–Crippen LogP) is 6.24. The number of rotatable bonds is 6. The summed E-state index contributed by atoms with van der Waals surface area (Å²) in [4.78, 5) is 12.3. The third-order valence-electron chi connectivity index (χ3n) is 4.64. The maximum atomic E-state index is 12.3. The first kappa shape index (κ1) is 21.8. The molecule has 0 saturated heterocycles. The van der Waals surface area contributed by atoms with E-state index in [0.29, 0.717) is 5.75 Å². The highest BCUT2D eigenvalue weighted by Crippen LogP contribution is 2.32. The largest absolute Gasteiger partial charge is 0.483 e. The highest BCUT2D eigenvalue weighted by Gasteiger charge is 2.10. The Labute approximate surface area is 199 Å². The molecular weight excluding hydrogens is 486 g/mol. The molecule has 4 aromatic rings. The molecule has 0 aliphatic carbocycles. The standard InChI is InChI=1S/C25H20BrN3O2S/c26-24-21-9-5-4-6-17(21)10-15-22(24)31-16-23(30)29-25(32)28-20-13-11-19(12-14-20)27-18-7-2-1-3-8-18/h1-15,27H,16H2,(H2,28,29,30,32). The second-order valence-electron chi connectivity index (χ2n) is 6.96. The number of para-hydroxylation sites is 1. The number of amides is 1. The van der Waals surface area contributed by atoms with Gasteiger partial charge in [-0.05, 0) is 81.4 Å². The number of carbonyl (C=O) groups excluding carboxylic acids is 1. The summed E-state index contributed by atoms with van der Waals surface area (Å²) >= 11 is 8.80. The van der Waals surface area contributed by atoms with Crippen LogP contribution < -0.4 is 20.7 Å². The van der Waals surface area contributed by atoms with Crippen LogP contribution in [-0.2, 0) is 4.79 Å². The van der Waals surface area contributed by atoms with E-state index in [2.05, 4.69) is 31.9 Å². The van der Waals surface area contributed by atoms with Gasteiger partial charge in [-0.25, -0.2) is 0 Å². The zero-order valence-electron chi connectivity index (χ0n) is 17.0. The van der Waals surface area contributed by atoms with Crippen LogP contribution in [0.15, 0.2) is 95.5 Å². The van der Waals surface area contributed by atoms with Gasteiger partial charge in [0.15, 0.2) is 11.7 Å². The lowest BCUT2D eigenvalue weighted by atomic mass is 10.1. The van der Waals surface area contributed by atoms with E-state index < -0.39 is 0 Å². The van der Waals surface area contributed by atoms with Crippen LogP contribution in [-0.4, -0.2) is 17.6 Å². The predicted molar refractivity (Wildman–Crippen MR) is 138 cm³/mol. The van der Waals surface area contributed by atoms with Gasteiger partial charge in [-0.15, -0.1) is 0 Å². The van der Waals surface area contributed by atoms with E-state index in [9.17, 15) is 4.79 Å². The molecule has 0 atom stereocenters. The van der Waals surface area contributed by atoms with Crippen LogP contribution >= 0.6 is 28.1 Å². The summed E-state index contributed by atoms with van der Waals surface area (Å²) in [6.45, 7) is -0.154. The van der Waals surface area contributed by atoms with Crippen molar-refractivity contribution in [1.82, 2.24) is 5.32 Å². The SMILES string of the molecule is O=C(COc1ccc2ccccc2c1Br)NC(=S)Nc1ccc(Nc2ccccc2)cc1. The summed E-state index contributed by atoms with van der Waals surface area (Å²) in [6, 6.07) is 29.3. The molecule has 0 bridgehead atoms. The van der Waals surface area contributed by atoms with Crippen molar-refractivity contribution in [2.75, 3.05) is 17.2 Å². The van der Waals surface area contributed by atoms with E-state index in [1.165, 1.54) is 0 Å². The number of hydrogen-bond donors (Lipinski definition) is 3.